The Morgan fingerprint density at radius 2 is 2.09 bits per heavy atom. The zero-order valence-corrected chi connectivity index (χ0v) is 13.3. The van der Waals surface area contributed by atoms with Crippen LogP contribution in [-0.2, 0) is 11.3 Å². The summed E-state index contributed by atoms with van der Waals surface area (Å²) < 4.78 is 5.46. The molecule has 1 aliphatic rings. The summed E-state index contributed by atoms with van der Waals surface area (Å²) in [7, 11) is 1.68. The van der Waals surface area contributed by atoms with Gasteiger partial charge in [0.2, 0.25) is 0 Å². The summed E-state index contributed by atoms with van der Waals surface area (Å²) in [6.45, 7) is 3.11. The molecule has 1 unspecified atom stereocenters. The van der Waals surface area contributed by atoms with E-state index in [4.69, 9.17) is 15.6 Å². The van der Waals surface area contributed by atoms with E-state index in [2.05, 4.69) is 11.0 Å². The standard InChI is InChI=1S/C17H26N2O3/c1-22-16-7-5-13(15(18)6-8-17(20)21)11-14(16)12-19-9-3-2-4-10-19/h5,7,11,15H,2-4,6,8-10,12,18H2,1H3,(H,20,21). The third-order valence-electron chi connectivity index (χ3n) is 4.24. The highest BCUT2D eigenvalue weighted by atomic mass is 16.5. The van der Waals surface area contributed by atoms with Gasteiger partial charge in [-0.1, -0.05) is 12.5 Å². The van der Waals surface area contributed by atoms with Crippen molar-refractivity contribution in [3.05, 3.63) is 29.3 Å². The Labute approximate surface area is 132 Å². The quantitative estimate of drug-likeness (QED) is 0.809. The summed E-state index contributed by atoms with van der Waals surface area (Å²) in [6.07, 6.45) is 4.35. The Morgan fingerprint density at radius 3 is 2.73 bits per heavy atom. The summed E-state index contributed by atoms with van der Waals surface area (Å²) in [5, 5.41) is 8.78. The van der Waals surface area contributed by atoms with Gasteiger partial charge < -0.3 is 15.6 Å². The number of ether oxygens (including phenoxy) is 1. The molecule has 5 heteroatoms. The molecule has 0 bridgehead atoms. The minimum atomic E-state index is -0.808. The third-order valence-corrected chi connectivity index (χ3v) is 4.24. The second-order valence-electron chi connectivity index (χ2n) is 5.95. The number of hydrogen-bond donors (Lipinski definition) is 2. The van der Waals surface area contributed by atoms with Gasteiger partial charge in [0.1, 0.15) is 5.75 Å². The number of carbonyl (C=O) groups is 1. The monoisotopic (exact) mass is 306 g/mol. The minimum Gasteiger partial charge on any atom is -0.496 e. The largest absolute Gasteiger partial charge is 0.496 e. The molecule has 1 aromatic rings. The molecular formula is C17H26N2O3. The molecule has 1 atom stereocenters. The molecule has 0 amide bonds. The number of rotatable bonds is 7. The second-order valence-corrected chi connectivity index (χ2v) is 5.95. The molecule has 22 heavy (non-hydrogen) atoms. The maximum absolute atomic E-state index is 10.7. The number of carboxylic acids is 1. The first-order valence-electron chi connectivity index (χ1n) is 7.96. The topological polar surface area (TPSA) is 75.8 Å². The van der Waals surface area contributed by atoms with E-state index in [1.807, 2.05) is 12.1 Å². The van der Waals surface area contributed by atoms with Crippen molar-refractivity contribution in [3.63, 3.8) is 0 Å². The highest BCUT2D eigenvalue weighted by Crippen LogP contribution is 2.26. The highest BCUT2D eigenvalue weighted by Gasteiger charge is 2.15. The second kappa shape index (κ2) is 8.15. The number of hydrogen-bond acceptors (Lipinski definition) is 4. The first kappa shape index (κ1) is 16.8. The molecule has 0 radical (unpaired) electrons. The van der Waals surface area contributed by atoms with Gasteiger partial charge in [0.15, 0.2) is 0 Å². The lowest BCUT2D eigenvalue weighted by atomic mass is 9.99. The smallest absolute Gasteiger partial charge is 0.303 e. The van der Waals surface area contributed by atoms with E-state index >= 15 is 0 Å². The zero-order valence-electron chi connectivity index (χ0n) is 13.3. The van der Waals surface area contributed by atoms with Crippen LogP contribution in [-0.4, -0.2) is 36.2 Å². The van der Waals surface area contributed by atoms with Gasteiger partial charge in [-0.25, -0.2) is 0 Å². The van der Waals surface area contributed by atoms with Crippen molar-refractivity contribution in [1.82, 2.24) is 4.90 Å². The van der Waals surface area contributed by atoms with E-state index in [0.717, 1.165) is 36.5 Å². The number of methoxy groups -OCH3 is 1. The van der Waals surface area contributed by atoms with Gasteiger partial charge in [0, 0.05) is 24.6 Å². The third kappa shape index (κ3) is 4.71. The maximum Gasteiger partial charge on any atom is 0.303 e. The first-order chi connectivity index (χ1) is 10.6. The average Bonchev–Trinajstić information content (AvgIpc) is 2.53. The summed E-state index contributed by atoms with van der Waals surface area (Å²) >= 11 is 0. The molecule has 0 aromatic heterocycles. The fourth-order valence-electron chi connectivity index (χ4n) is 2.96. The Bertz CT molecular complexity index is 499. The number of piperidine rings is 1. The zero-order chi connectivity index (χ0) is 15.9. The lowest BCUT2D eigenvalue weighted by molar-refractivity contribution is -0.137. The van der Waals surface area contributed by atoms with Crippen LogP contribution in [0, 0.1) is 0 Å². The lowest BCUT2D eigenvalue weighted by Crippen LogP contribution is -2.29. The Kier molecular flexibility index (Phi) is 6.21. The number of nitrogens with zero attached hydrogens (tertiary/aromatic N) is 1. The molecule has 122 valence electrons. The van der Waals surface area contributed by atoms with E-state index in [9.17, 15) is 4.79 Å². The predicted molar refractivity (Wildman–Crippen MR) is 85.9 cm³/mol. The summed E-state index contributed by atoms with van der Waals surface area (Å²) in [6, 6.07) is 5.70. The predicted octanol–water partition coefficient (Wildman–Crippen LogP) is 2.55. The van der Waals surface area contributed by atoms with E-state index in [0.29, 0.717) is 6.42 Å². The molecule has 2 rings (SSSR count). The minimum absolute atomic E-state index is 0.0919. The van der Waals surface area contributed by atoms with Crippen molar-refractivity contribution in [2.45, 2.75) is 44.7 Å². The van der Waals surface area contributed by atoms with Crippen LogP contribution in [0.25, 0.3) is 0 Å². The van der Waals surface area contributed by atoms with Crippen LogP contribution < -0.4 is 10.5 Å². The van der Waals surface area contributed by atoms with Gasteiger partial charge >= 0.3 is 5.97 Å². The van der Waals surface area contributed by atoms with Crippen molar-refractivity contribution in [2.75, 3.05) is 20.2 Å². The van der Waals surface area contributed by atoms with E-state index in [1.54, 1.807) is 7.11 Å². The van der Waals surface area contributed by atoms with Crippen LogP contribution >= 0.6 is 0 Å². The van der Waals surface area contributed by atoms with E-state index in [1.165, 1.54) is 19.3 Å². The summed E-state index contributed by atoms with van der Waals surface area (Å²) in [5.41, 5.74) is 8.23. The molecule has 1 saturated heterocycles. The fourth-order valence-corrected chi connectivity index (χ4v) is 2.96. The van der Waals surface area contributed by atoms with Gasteiger partial charge in [0.05, 0.1) is 7.11 Å². The molecule has 1 fully saturated rings. The number of benzene rings is 1. The molecule has 5 nitrogen and oxygen atoms in total. The van der Waals surface area contributed by atoms with Crippen molar-refractivity contribution in [3.8, 4) is 5.75 Å². The summed E-state index contributed by atoms with van der Waals surface area (Å²) in [5.74, 6) is 0.0669. The molecular weight excluding hydrogens is 280 g/mol. The average molecular weight is 306 g/mol. The van der Waals surface area contributed by atoms with Crippen LogP contribution in [0.5, 0.6) is 5.75 Å². The van der Waals surface area contributed by atoms with Gasteiger partial charge in [0.25, 0.3) is 0 Å². The molecule has 0 aliphatic carbocycles. The van der Waals surface area contributed by atoms with Gasteiger partial charge in [-0.15, -0.1) is 0 Å². The summed E-state index contributed by atoms with van der Waals surface area (Å²) in [4.78, 5) is 13.1. The maximum atomic E-state index is 10.7. The number of likely N-dealkylation sites (tertiary alicyclic amines) is 1. The first-order valence-corrected chi connectivity index (χ1v) is 7.96. The van der Waals surface area contributed by atoms with Gasteiger partial charge in [-0.3, -0.25) is 9.69 Å². The van der Waals surface area contributed by atoms with Crippen molar-refractivity contribution >= 4 is 5.97 Å². The van der Waals surface area contributed by atoms with Crippen molar-refractivity contribution < 1.29 is 14.6 Å². The molecule has 1 aliphatic heterocycles. The van der Waals surface area contributed by atoms with Crippen molar-refractivity contribution in [2.24, 2.45) is 5.73 Å². The van der Waals surface area contributed by atoms with Crippen LogP contribution in [0.1, 0.15) is 49.3 Å². The number of aliphatic carboxylic acids is 1. The molecule has 0 saturated carbocycles. The van der Waals surface area contributed by atoms with Crippen LogP contribution in [0.15, 0.2) is 18.2 Å². The normalized spacial score (nSPS) is 17.2. The van der Waals surface area contributed by atoms with E-state index in [-0.39, 0.29) is 12.5 Å². The van der Waals surface area contributed by atoms with Crippen LogP contribution in [0.4, 0.5) is 0 Å². The molecule has 3 N–H and O–H groups in total. The fraction of sp³-hybridized carbons (Fsp3) is 0.588. The Hall–Kier alpha value is -1.59. The van der Waals surface area contributed by atoms with Crippen molar-refractivity contribution in [1.29, 1.82) is 0 Å². The lowest BCUT2D eigenvalue weighted by Gasteiger charge is -2.27. The Morgan fingerprint density at radius 1 is 1.36 bits per heavy atom. The SMILES string of the molecule is COc1ccc(C(N)CCC(=O)O)cc1CN1CCCCC1. The van der Waals surface area contributed by atoms with Crippen LogP contribution in [0.2, 0.25) is 0 Å². The number of nitrogens with two attached hydrogens (primary N) is 1. The Balaban J connectivity index is 2.09. The van der Waals surface area contributed by atoms with E-state index < -0.39 is 5.97 Å². The van der Waals surface area contributed by atoms with Gasteiger partial charge in [-0.05, 0) is 50.0 Å². The number of carboxylic acid groups (broad SMARTS) is 1. The molecule has 0 spiro atoms. The molecule has 1 heterocycles. The van der Waals surface area contributed by atoms with Crippen LogP contribution in [0.3, 0.4) is 0 Å². The van der Waals surface area contributed by atoms with Gasteiger partial charge in [-0.2, -0.15) is 0 Å². The molecule has 1 aromatic carbocycles. The highest BCUT2D eigenvalue weighted by molar-refractivity contribution is 5.66.